The predicted molar refractivity (Wildman–Crippen MR) is 102 cm³/mol. The molecule has 0 radical (unpaired) electrons. The van der Waals surface area contributed by atoms with Crippen LogP contribution in [0, 0.1) is 0 Å². The average Bonchev–Trinajstić information content (AvgIpc) is 2.45. The van der Waals surface area contributed by atoms with Crippen molar-refractivity contribution in [1.82, 2.24) is 0 Å². The van der Waals surface area contributed by atoms with Crippen molar-refractivity contribution in [1.29, 1.82) is 0 Å². The highest BCUT2D eigenvalue weighted by Gasteiger charge is 2.37. The van der Waals surface area contributed by atoms with Crippen molar-refractivity contribution in [3.05, 3.63) is 34.9 Å². The monoisotopic (exact) mass is 400 g/mol. The molecular weight excluding hydrogens is 372 g/mol. The Morgan fingerprint density at radius 2 is 1.87 bits per heavy atom. The minimum absolute atomic E-state index is 0.188. The van der Waals surface area contributed by atoms with Gasteiger partial charge in [-0.05, 0) is 54.7 Å². The summed E-state index contributed by atoms with van der Waals surface area (Å²) in [6, 6.07) is 5.76. The number of benzene rings is 1. The van der Waals surface area contributed by atoms with E-state index in [0.29, 0.717) is 18.8 Å². The first-order valence-electron chi connectivity index (χ1n) is 8.11. The zero-order chi connectivity index (χ0) is 17.7. The number of carbonyl (C=O) groups excluding carboxylic acids is 1. The maximum absolute atomic E-state index is 11.9. The number of rotatable bonds is 7. The second kappa shape index (κ2) is 8.45. The van der Waals surface area contributed by atoms with Crippen molar-refractivity contribution in [2.45, 2.75) is 58.9 Å². The van der Waals surface area contributed by atoms with Gasteiger partial charge in [0.05, 0.1) is 18.8 Å². The molecule has 3 nitrogen and oxygen atoms in total. The number of aryl methyl sites for hydroxylation is 1. The van der Waals surface area contributed by atoms with E-state index in [0.717, 1.165) is 22.9 Å². The van der Waals surface area contributed by atoms with Crippen LogP contribution in [0.2, 0.25) is 18.1 Å². The van der Waals surface area contributed by atoms with Gasteiger partial charge in [-0.25, -0.2) is 4.79 Å². The Morgan fingerprint density at radius 3 is 2.39 bits per heavy atom. The summed E-state index contributed by atoms with van der Waals surface area (Å²) < 4.78 is 11.4. The molecule has 0 aliphatic heterocycles. The van der Waals surface area contributed by atoms with Crippen LogP contribution >= 0.6 is 15.9 Å². The van der Waals surface area contributed by atoms with E-state index in [9.17, 15) is 4.79 Å². The number of halogens is 1. The number of carbonyl (C=O) groups is 1. The Morgan fingerprint density at radius 1 is 1.22 bits per heavy atom. The normalized spacial score (nSPS) is 12.3. The molecule has 1 aromatic carbocycles. The van der Waals surface area contributed by atoms with E-state index in [1.165, 1.54) is 0 Å². The van der Waals surface area contributed by atoms with Gasteiger partial charge in [-0.1, -0.05) is 42.8 Å². The second-order valence-electron chi connectivity index (χ2n) is 7.19. The third-order valence-corrected chi connectivity index (χ3v) is 9.35. The summed E-state index contributed by atoms with van der Waals surface area (Å²) in [7, 11) is -1.79. The Bertz CT molecular complexity index is 536. The fourth-order valence-electron chi connectivity index (χ4n) is 1.92. The van der Waals surface area contributed by atoms with E-state index in [1.807, 2.05) is 25.1 Å². The van der Waals surface area contributed by atoms with Crippen molar-refractivity contribution in [3.63, 3.8) is 0 Å². The number of hydrogen-bond donors (Lipinski definition) is 0. The third kappa shape index (κ3) is 5.73. The van der Waals surface area contributed by atoms with Gasteiger partial charge in [-0.3, -0.25) is 0 Å². The van der Waals surface area contributed by atoms with Gasteiger partial charge < -0.3 is 9.16 Å². The van der Waals surface area contributed by atoms with Gasteiger partial charge in [0.1, 0.15) is 0 Å². The lowest BCUT2D eigenvalue weighted by atomic mass is 10.0. The fourth-order valence-corrected chi connectivity index (χ4v) is 3.29. The van der Waals surface area contributed by atoms with Crippen molar-refractivity contribution < 1.29 is 14.0 Å². The van der Waals surface area contributed by atoms with Crippen LogP contribution in [-0.4, -0.2) is 26.2 Å². The molecule has 1 aromatic rings. The highest BCUT2D eigenvalue weighted by atomic mass is 79.9. The summed E-state index contributed by atoms with van der Waals surface area (Å²) >= 11 is 3.49. The molecule has 0 aromatic heterocycles. The molecule has 0 fully saturated rings. The van der Waals surface area contributed by atoms with Crippen molar-refractivity contribution in [3.8, 4) is 0 Å². The molecule has 0 aliphatic rings. The van der Waals surface area contributed by atoms with Crippen LogP contribution in [0.3, 0.4) is 0 Å². The van der Waals surface area contributed by atoms with Gasteiger partial charge >= 0.3 is 5.97 Å². The van der Waals surface area contributed by atoms with Crippen molar-refractivity contribution >= 4 is 30.2 Å². The summed E-state index contributed by atoms with van der Waals surface area (Å²) in [5.74, 6) is -0.264. The predicted octanol–water partition coefficient (Wildman–Crippen LogP) is 5.32. The van der Waals surface area contributed by atoms with E-state index < -0.39 is 8.32 Å². The molecule has 0 saturated heterocycles. The van der Waals surface area contributed by atoms with E-state index in [1.54, 1.807) is 0 Å². The van der Waals surface area contributed by atoms with Crippen LogP contribution in [-0.2, 0) is 22.2 Å². The fraction of sp³-hybridized carbons (Fsp3) is 0.611. The van der Waals surface area contributed by atoms with Crippen LogP contribution in [0.15, 0.2) is 18.2 Å². The van der Waals surface area contributed by atoms with Gasteiger partial charge in [0, 0.05) is 5.33 Å². The Kier molecular flexibility index (Phi) is 7.49. The first kappa shape index (κ1) is 20.4. The molecule has 0 unspecified atom stereocenters. The van der Waals surface area contributed by atoms with E-state index >= 15 is 0 Å². The van der Waals surface area contributed by atoms with E-state index in [2.05, 4.69) is 49.8 Å². The first-order valence-corrected chi connectivity index (χ1v) is 12.1. The molecule has 0 atom stereocenters. The minimum atomic E-state index is -1.79. The smallest absolute Gasteiger partial charge is 0.338 e. The molecule has 5 heteroatoms. The standard InChI is InChI=1S/C18H29BrO3Si/c1-7-21-17(20)15-8-9-16(14(12-15)10-11-19)13-22-23(5,6)18(2,3)4/h8-9,12H,7,10-11,13H2,1-6H3. The first-order chi connectivity index (χ1) is 10.6. The average molecular weight is 401 g/mol. The molecule has 0 N–H and O–H groups in total. The summed E-state index contributed by atoms with van der Waals surface area (Å²) in [5.41, 5.74) is 2.91. The number of esters is 1. The summed E-state index contributed by atoms with van der Waals surface area (Å²) in [6.07, 6.45) is 0.865. The minimum Gasteiger partial charge on any atom is -0.462 e. The second-order valence-corrected chi connectivity index (χ2v) is 12.8. The van der Waals surface area contributed by atoms with Gasteiger partial charge in [-0.2, -0.15) is 0 Å². The van der Waals surface area contributed by atoms with Gasteiger partial charge in [0.2, 0.25) is 0 Å². The summed E-state index contributed by atoms with van der Waals surface area (Å²) in [4.78, 5) is 11.9. The van der Waals surface area contributed by atoms with Crippen molar-refractivity contribution in [2.75, 3.05) is 11.9 Å². The zero-order valence-corrected chi connectivity index (χ0v) is 17.7. The number of ether oxygens (including phenoxy) is 1. The quantitative estimate of drug-likeness (QED) is 0.352. The Balaban J connectivity index is 2.96. The molecule has 0 spiro atoms. The lowest BCUT2D eigenvalue weighted by molar-refractivity contribution is 0.0526. The zero-order valence-electron chi connectivity index (χ0n) is 15.2. The van der Waals surface area contributed by atoms with Crippen LogP contribution in [0.1, 0.15) is 49.2 Å². The molecular formula is C18H29BrO3Si. The SMILES string of the molecule is CCOC(=O)c1ccc(CO[Si](C)(C)C(C)(C)C)c(CCBr)c1. The van der Waals surface area contributed by atoms with Crippen LogP contribution in [0.4, 0.5) is 0 Å². The molecule has 1 rings (SSSR count). The van der Waals surface area contributed by atoms with Gasteiger partial charge in [0.25, 0.3) is 0 Å². The van der Waals surface area contributed by atoms with Crippen LogP contribution < -0.4 is 0 Å². The molecule has 0 saturated carbocycles. The van der Waals surface area contributed by atoms with Crippen LogP contribution in [0.5, 0.6) is 0 Å². The largest absolute Gasteiger partial charge is 0.462 e. The lowest BCUT2D eigenvalue weighted by Gasteiger charge is -2.36. The van der Waals surface area contributed by atoms with Gasteiger partial charge in [0.15, 0.2) is 8.32 Å². The molecule has 0 amide bonds. The van der Waals surface area contributed by atoms with Crippen molar-refractivity contribution in [2.24, 2.45) is 0 Å². The lowest BCUT2D eigenvalue weighted by Crippen LogP contribution is -2.40. The maximum atomic E-state index is 11.9. The Labute approximate surface area is 150 Å². The molecule has 23 heavy (non-hydrogen) atoms. The highest BCUT2D eigenvalue weighted by molar-refractivity contribution is 9.09. The molecule has 130 valence electrons. The highest BCUT2D eigenvalue weighted by Crippen LogP contribution is 2.37. The molecule has 0 bridgehead atoms. The van der Waals surface area contributed by atoms with Gasteiger partial charge in [-0.15, -0.1) is 0 Å². The number of hydrogen-bond acceptors (Lipinski definition) is 3. The Hall–Kier alpha value is -0.653. The third-order valence-electron chi connectivity index (χ3n) is 4.48. The van der Waals surface area contributed by atoms with E-state index in [4.69, 9.17) is 9.16 Å². The topological polar surface area (TPSA) is 35.5 Å². The van der Waals surface area contributed by atoms with Crippen LogP contribution in [0.25, 0.3) is 0 Å². The molecule has 0 aliphatic carbocycles. The summed E-state index contributed by atoms with van der Waals surface area (Å²) in [5, 5.41) is 1.04. The molecule has 0 heterocycles. The maximum Gasteiger partial charge on any atom is 0.338 e. The number of alkyl halides is 1. The van der Waals surface area contributed by atoms with E-state index in [-0.39, 0.29) is 11.0 Å². The summed E-state index contributed by atoms with van der Waals surface area (Å²) in [6.45, 7) is 14.0.